The van der Waals surface area contributed by atoms with Gasteiger partial charge in [-0.05, 0) is 89.9 Å². The summed E-state index contributed by atoms with van der Waals surface area (Å²) in [5.74, 6) is 0.660. The number of aryl methyl sites for hydroxylation is 1. The van der Waals surface area contributed by atoms with Gasteiger partial charge >= 0.3 is 0 Å². The number of hydrogen-bond donors (Lipinski definition) is 2. The number of rotatable bonds is 4. The lowest BCUT2D eigenvalue weighted by Crippen LogP contribution is -2.29. The molecule has 41 heavy (non-hydrogen) atoms. The lowest BCUT2D eigenvalue weighted by Gasteiger charge is -2.38. The van der Waals surface area contributed by atoms with Crippen molar-refractivity contribution in [3.63, 3.8) is 0 Å². The molecule has 1 aliphatic heterocycles. The fourth-order valence-corrected chi connectivity index (χ4v) is 6.93. The number of nitrogens with zero attached hydrogens (tertiary/aromatic N) is 1. The molecule has 206 valence electrons. The lowest BCUT2D eigenvalue weighted by atomic mass is 9.76. The van der Waals surface area contributed by atoms with Crippen molar-refractivity contribution in [3.8, 4) is 0 Å². The molecule has 5 aromatic rings. The Balaban J connectivity index is 1.18. The van der Waals surface area contributed by atoms with Crippen LogP contribution in [0.3, 0.4) is 0 Å². The fourth-order valence-electron chi connectivity index (χ4n) is 6.93. The first-order valence-electron chi connectivity index (χ1n) is 14.8. The van der Waals surface area contributed by atoms with Crippen LogP contribution in [0.5, 0.6) is 0 Å². The maximum atomic E-state index is 13.1. The topological polar surface area (TPSA) is 46.1 Å². The van der Waals surface area contributed by atoms with Crippen LogP contribution >= 0.6 is 0 Å². The van der Waals surface area contributed by atoms with Crippen molar-refractivity contribution in [1.82, 2.24) is 4.57 Å². The van der Waals surface area contributed by atoms with Gasteiger partial charge in [-0.1, -0.05) is 69.3 Å². The van der Waals surface area contributed by atoms with Gasteiger partial charge in [0.15, 0.2) is 0 Å². The summed E-state index contributed by atoms with van der Waals surface area (Å²) in [7, 11) is 0. The Bertz CT molecular complexity index is 1820. The summed E-state index contributed by atoms with van der Waals surface area (Å²) in [4.78, 5) is 13.1. The maximum absolute atomic E-state index is 13.1. The monoisotopic (exact) mass is 539 g/mol. The third-order valence-electron chi connectivity index (χ3n) is 9.11. The highest BCUT2D eigenvalue weighted by Gasteiger charge is 2.38. The Kier molecular flexibility index (Phi) is 6.04. The van der Waals surface area contributed by atoms with Gasteiger partial charge in [-0.2, -0.15) is 0 Å². The van der Waals surface area contributed by atoms with Crippen molar-refractivity contribution in [2.45, 2.75) is 58.0 Å². The highest BCUT2D eigenvalue weighted by molar-refractivity contribution is 6.08. The first kappa shape index (κ1) is 25.6. The van der Waals surface area contributed by atoms with Crippen molar-refractivity contribution in [1.29, 1.82) is 0 Å². The van der Waals surface area contributed by atoms with Crippen LogP contribution < -0.4 is 10.6 Å². The van der Waals surface area contributed by atoms with Crippen LogP contribution in [-0.4, -0.2) is 10.5 Å². The van der Waals surface area contributed by atoms with Gasteiger partial charge in [0.05, 0.1) is 6.04 Å². The van der Waals surface area contributed by atoms with E-state index in [0.717, 1.165) is 24.3 Å². The molecule has 2 aliphatic rings. The third-order valence-corrected chi connectivity index (χ3v) is 9.11. The summed E-state index contributed by atoms with van der Waals surface area (Å²) < 4.78 is 2.41. The SMILES string of the molecule is CCn1c2ccccc2c2cc(C3Nc4ccc(NC(=O)c5ccc(C(C)(C)C)cc5)cc4C4C=CCC43)ccc21. The zero-order valence-electron chi connectivity index (χ0n) is 24.2. The number of fused-ring (bicyclic) bond motifs is 6. The number of hydrogen-bond acceptors (Lipinski definition) is 2. The van der Waals surface area contributed by atoms with Gasteiger partial charge in [0, 0.05) is 51.2 Å². The highest BCUT2D eigenvalue weighted by atomic mass is 16.1. The van der Waals surface area contributed by atoms with E-state index in [1.807, 2.05) is 18.2 Å². The van der Waals surface area contributed by atoms with Crippen molar-refractivity contribution in [2.75, 3.05) is 10.6 Å². The molecule has 0 bridgehead atoms. The average molecular weight is 540 g/mol. The van der Waals surface area contributed by atoms with E-state index in [1.54, 1.807) is 0 Å². The molecule has 4 nitrogen and oxygen atoms in total. The molecule has 2 N–H and O–H groups in total. The van der Waals surface area contributed by atoms with Crippen LogP contribution in [0.4, 0.5) is 11.4 Å². The molecule has 3 atom stereocenters. The Morgan fingerprint density at radius 3 is 2.49 bits per heavy atom. The van der Waals surface area contributed by atoms with Crippen LogP contribution in [0.15, 0.2) is 97.1 Å². The number of amides is 1. The minimum absolute atomic E-state index is 0.0594. The van der Waals surface area contributed by atoms with E-state index in [4.69, 9.17) is 0 Å². The molecular weight excluding hydrogens is 502 g/mol. The van der Waals surface area contributed by atoms with Crippen LogP contribution in [0.1, 0.15) is 73.1 Å². The van der Waals surface area contributed by atoms with E-state index >= 15 is 0 Å². The summed E-state index contributed by atoms with van der Waals surface area (Å²) in [6, 6.07) is 30.2. The van der Waals surface area contributed by atoms with Gasteiger partial charge in [-0.3, -0.25) is 4.79 Å². The smallest absolute Gasteiger partial charge is 0.255 e. The predicted molar refractivity (Wildman–Crippen MR) is 171 cm³/mol. The quantitative estimate of drug-likeness (QED) is 0.224. The number of anilines is 2. The standard InChI is InChI=1S/C37H37N3O/c1-5-40-33-12-7-6-9-28(33)31-21-24(15-20-34(31)40)35-29-11-8-10-27(29)30-22-26(18-19-32(30)39-35)38-36(41)23-13-16-25(17-14-23)37(2,3)4/h6-10,12-22,27,29,35,39H,5,11H2,1-4H3,(H,38,41). The number of benzene rings is 4. The Labute approximate surface area is 242 Å². The zero-order chi connectivity index (χ0) is 28.3. The van der Waals surface area contributed by atoms with E-state index in [9.17, 15) is 4.79 Å². The lowest BCUT2D eigenvalue weighted by molar-refractivity contribution is 0.102. The predicted octanol–water partition coefficient (Wildman–Crippen LogP) is 9.19. The van der Waals surface area contributed by atoms with Crippen molar-refractivity contribution in [2.24, 2.45) is 5.92 Å². The van der Waals surface area contributed by atoms with Gasteiger partial charge in [0.1, 0.15) is 0 Å². The average Bonchev–Trinajstić information content (AvgIpc) is 3.59. The molecule has 1 aromatic heterocycles. The summed E-state index contributed by atoms with van der Waals surface area (Å²) >= 11 is 0. The molecule has 0 spiro atoms. The molecule has 3 unspecified atom stereocenters. The van der Waals surface area contributed by atoms with Gasteiger partial charge in [-0.25, -0.2) is 0 Å². The molecule has 1 aliphatic carbocycles. The van der Waals surface area contributed by atoms with Crippen molar-refractivity contribution < 1.29 is 4.79 Å². The first-order chi connectivity index (χ1) is 19.8. The van der Waals surface area contributed by atoms with Crippen LogP contribution in [0.25, 0.3) is 21.8 Å². The molecule has 7 rings (SSSR count). The van der Waals surface area contributed by atoms with E-state index in [1.165, 1.54) is 38.5 Å². The molecule has 1 amide bonds. The zero-order valence-corrected chi connectivity index (χ0v) is 24.2. The molecule has 0 fully saturated rings. The first-order valence-corrected chi connectivity index (χ1v) is 14.8. The molecular formula is C37H37N3O. The van der Waals surface area contributed by atoms with E-state index < -0.39 is 0 Å². The normalized spacial score (nSPS) is 19.7. The van der Waals surface area contributed by atoms with Crippen molar-refractivity contribution in [3.05, 3.63) is 119 Å². The van der Waals surface area contributed by atoms with Crippen LogP contribution in [-0.2, 0) is 12.0 Å². The van der Waals surface area contributed by atoms with Crippen LogP contribution in [0.2, 0.25) is 0 Å². The minimum atomic E-state index is -0.0786. The molecule has 2 heterocycles. The third kappa shape index (κ3) is 4.33. The Hall–Kier alpha value is -4.31. The largest absolute Gasteiger partial charge is 0.378 e. The van der Waals surface area contributed by atoms with Crippen LogP contribution in [0, 0.1) is 5.92 Å². The second kappa shape index (κ2) is 9.66. The number of aromatic nitrogens is 1. The summed E-state index contributed by atoms with van der Waals surface area (Å²) in [6.07, 6.45) is 5.71. The number of carbonyl (C=O) groups excluding carboxylic acids is 1. The number of para-hydroxylation sites is 1. The van der Waals surface area contributed by atoms with Gasteiger partial charge in [-0.15, -0.1) is 0 Å². The van der Waals surface area contributed by atoms with Crippen molar-refractivity contribution >= 4 is 39.1 Å². The summed E-state index contributed by atoms with van der Waals surface area (Å²) in [5.41, 5.74) is 9.11. The molecule has 4 aromatic carbocycles. The highest BCUT2D eigenvalue weighted by Crippen LogP contribution is 2.50. The van der Waals surface area contributed by atoms with Gasteiger partial charge < -0.3 is 15.2 Å². The minimum Gasteiger partial charge on any atom is -0.378 e. The summed E-state index contributed by atoms with van der Waals surface area (Å²) in [6.45, 7) is 9.72. The summed E-state index contributed by atoms with van der Waals surface area (Å²) in [5, 5.41) is 9.67. The van der Waals surface area contributed by atoms with E-state index in [-0.39, 0.29) is 17.4 Å². The molecule has 0 saturated heterocycles. The Morgan fingerprint density at radius 2 is 1.71 bits per heavy atom. The molecule has 0 saturated carbocycles. The molecule has 0 radical (unpaired) electrons. The van der Waals surface area contributed by atoms with Gasteiger partial charge in [0.25, 0.3) is 5.91 Å². The number of allylic oxidation sites excluding steroid dienone is 2. The van der Waals surface area contributed by atoms with E-state index in [0.29, 0.717) is 17.4 Å². The Morgan fingerprint density at radius 1 is 0.927 bits per heavy atom. The fraction of sp³-hybridized carbons (Fsp3) is 0.270. The second-order valence-corrected chi connectivity index (χ2v) is 12.6. The molecule has 4 heteroatoms. The maximum Gasteiger partial charge on any atom is 0.255 e. The van der Waals surface area contributed by atoms with E-state index in [2.05, 4.69) is 122 Å². The number of nitrogens with one attached hydrogen (secondary N) is 2. The van der Waals surface area contributed by atoms with Gasteiger partial charge in [0.2, 0.25) is 0 Å². The number of carbonyl (C=O) groups is 1. The second-order valence-electron chi connectivity index (χ2n) is 12.6.